The van der Waals surface area contributed by atoms with Gasteiger partial charge in [-0.1, -0.05) is 10.6 Å². The van der Waals surface area contributed by atoms with Crippen molar-refractivity contribution in [2.45, 2.75) is 19.4 Å². The van der Waals surface area contributed by atoms with E-state index in [-0.39, 0.29) is 0 Å². The zero-order chi connectivity index (χ0) is 11.7. The number of hydrogen-bond donors (Lipinski definition) is 1. The first-order valence-electron chi connectivity index (χ1n) is 5.73. The normalized spacial score (nSPS) is 14.7. The maximum absolute atomic E-state index is 6.02. The second-order valence-electron chi connectivity index (χ2n) is 4.27. The highest BCUT2D eigenvalue weighted by atomic mass is 32.1. The molecule has 0 radical (unpaired) electrons. The van der Waals surface area contributed by atoms with Gasteiger partial charge in [-0.15, -0.1) is 5.10 Å². The summed E-state index contributed by atoms with van der Waals surface area (Å²) in [5.74, 6) is 0. The Morgan fingerprint density at radius 2 is 2.35 bits per heavy atom. The number of benzene rings is 1. The zero-order valence-corrected chi connectivity index (χ0v) is 10.3. The van der Waals surface area contributed by atoms with Crippen LogP contribution < -0.4 is 10.6 Å². The van der Waals surface area contributed by atoms with Gasteiger partial charge in [0.05, 0.1) is 12.2 Å². The molecule has 3 rings (SSSR count). The fourth-order valence-corrected chi connectivity index (χ4v) is 2.78. The fraction of sp³-hybridized carbons (Fsp3) is 0.333. The molecule has 0 fully saturated rings. The van der Waals surface area contributed by atoms with Crippen molar-refractivity contribution in [2.75, 3.05) is 17.2 Å². The summed E-state index contributed by atoms with van der Waals surface area (Å²) in [6, 6.07) is 6.14. The van der Waals surface area contributed by atoms with E-state index < -0.39 is 0 Å². The van der Waals surface area contributed by atoms with E-state index in [4.69, 9.17) is 5.73 Å². The maximum atomic E-state index is 6.02. The van der Waals surface area contributed by atoms with Gasteiger partial charge in [-0.05, 0) is 42.1 Å². The molecule has 0 saturated carbocycles. The van der Waals surface area contributed by atoms with Crippen LogP contribution in [-0.2, 0) is 13.0 Å². The number of aromatic nitrogens is 2. The molecule has 4 nitrogen and oxygen atoms in total. The van der Waals surface area contributed by atoms with Crippen molar-refractivity contribution in [2.24, 2.45) is 0 Å². The lowest BCUT2D eigenvalue weighted by atomic mass is 10.00. The quantitative estimate of drug-likeness (QED) is 0.824. The molecule has 17 heavy (non-hydrogen) atoms. The van der Waals surface area contributed by atoms with E-state index in [1.807, 2.05) is 17.5 Å². The lowest BCUT2D eigenvalue weighted by Crippen LogP contribution is -2.29. The van der Waals surface area contributed by atoms with E-state index in [1.165, 1.54) is 22.8 Å². The maximum Gasteiger partial charge on any atom is 0.0948 e. The Morgan fingerprint density at radius 3 is 3.18 bits per heavy atom. The number of rotatable bonds is 2. The highest BCUT2D eigenvalue weighted by Crippen LogP contribution is 2.31. The SMILES string of the molecule is Nc1cccc2c1CCCN2Cc1csnn1. The topological polar surface area (TPSA) is 55.0 Å². The fourth-order valence-electron chi connectivity index (χ4n) is 2.34. The largest absolute Gasteiger partial charge is 0.398 e. The Labute approximate surface area is 104 Å². The standard InChI is InChI=1S/C12H14N4S/c13-11-4-1-5-12-10(11)3-2-6-16(12)7-9-8-17-15-14-9/h1,4-5,8H,2-3,6-7,13H2. The van der Waals surface area contributed by atoms with Crippen molar-refractivity contribution >= 4 is 22.9 Å². The van der Waals surface area contributed by atoms with Crippen molar-refractivity contribution in [1.29, 1.82) is 0 Å². The molecule has 0 unspecified atom stereocenters. The van der Waals surface area contributed by atoms with E-state index in [0.29, 0.717) is 0 Å². The molecule has 0 amide bonds. The molecule has 0 atom stereocenters. The van der Waals surface area contributed by atoms with Gasteiger partial charge in [-0.3, -0.25) is 0 Å². The number of fused-ring (bicyclic) bond motifs is 1. The van der Waals surface area contributed by atoms with Gasteiger partial charge in [0.25, 0.3) is 0 Å². The second-order valence-corrected chi connectivity index (χ2v) is 4.88. The second kappa shape index (κ2) is 4.33. The predicted molar refractivity (Wildman–Crippen MR) is 70.1 cm³/mol. The van der Waals surface area contributed by atoms with E-state index in [0.717, 1.165) is 37.3 Å². The predicted octanol–water partition coefficient (Wildman–Crippen LogP) is 2.07. The summed E-state index contributed by atoms with van der Waals surface area (Å²) >= 11 is 1.40. The Kier molecular flexibility index (Phi) is 2.68. The molecular formula is C12H14N4S. The van der Waals surface area contributed by atoms with E-state index in [9.17, 15) is 0 Å². The van der Waals surface area contributed by atoms with Crippen LogP contribution in [0.3, 0.4) is 0 Å². The van der Waals surface area contributed by atoms with Gasteiger partial charge in [0.1, 0.15) is 0 Å². The molecule has 2 N–H and O–H groups in total. The minimum atomic E-state index is 0.826. The lowest BCUT2D eigenvalue weighted by molar-refractivity contribution is 0.684. The van der Waals surface area contributed by atoms with Crippen LogP contribution in [0.15, 0.2) is 23.6 Å². The van der Waals surface area contributed by atoms with Gasteiger partial charge in [0, 0.05) is 23.3 Å². The minimum Gasteiger partial charge on any atom is -0.398 e. The molecule has 0 bridgehead atoms. The van der Waals surface area contributed by atoms with Crippen molar-refractivity contribution < 1.29 is 0 Å². The summed E-state index contributed by atoms with van der Waals surface area (Å²) in [7, 11) is 0. The summed E-state index contributed by atoms with van der Waals surface area (Å²) in [6.45, 7) is 1.89. The molecule has 88 valence electrons. The van der Waals surface area contributed by atoms with Crippen molar-refractivity contribution in [3.05, 3.63) is 34.8 Å². The van der Waals surface area contributed by atoms with Crippen molar-refractivity contribution in [3.8, 4) is 0 Å². The third-order valence-corrected chi connectivity index (χ3v) is 3.69. The molecule has 0 spiro atoms. The number of nitrogen functional groups attached to an aromatic ring is 1. The summed E-state index contributed by atoms with van der Waals surface area (Å²) in [4.78, 5) is 2.34. The lowest BCUT2D eigenvalue weighted by Gasteiger charge is -2.31. The van der Waals surface area contributed by atoms with Crippen LogP contribution in [0.2, 0.25) is 0 Å². The molecule has 1 aromatic heterocycles. The Balaban J connectivity index is 1.92. The number of anilines is 2. The van der Waals surface area contributed by atoms with Gasteiger partial charge in [-0.25, -0.2) is 0 Å². The van der Waals surface area contributed by atoms with Crippen LogP contribution in [0, 0.1) is 0 Å². The number of nitrogens with two attached hydrogens (primary N) is 1. The highest BCUT2D eigenvalue weighted by Gasteiger charge is 2.19. The first kappa shape index (κ1) is 10.5. The van der Waals surface area contributed by atoms with Crippen LogP contribution in [-0.4, -0.2) is 16.1 Å². The zero-order valence-electron chi connectivity index (χ0n) is 9.47. The van der Waals surface area contributed by atoms with Gasteiger partial charge >= 0.3 is 0 Å². The Bertz CT molecular complexity index is 509. The minimum absolute atomic E-state index is 0.826. The van der Waals surface area contributed by atoms with Gasteiger partial charge in [-0.2, -0.15) is 0 Å². The highest BCUT2D eigenvalue weighted by molar-refractivity contribution is 7.03. The van der Waals surface area contributed by atoms with E-state index in [2.05, 4.69) is 20.6 Å². The summed E-state index contributed by atoms with van der Waals surface area (Å²) < 4.78 is 3.90. The molecule has 2 heterocycles. The molecule has 1 aliphatic heterocycles. The van der Waals surface area contributed by atoms with Gasteiger partial charge in [0.15, 0.2) is 0 Å². The monoisotopic (exact) mass is 246 g/mol. The van der Waals surface area contributed by atoms with Crippen molar-refractivity contribution in [3.63, 3.8) is 0 Å². The number of nitrogens with zero attached hydrogens (tertiary/aromatic N) is 3. The van der Waals surface area contributed by atoms with Gasteiger partial charge < -0.3 is 10.6 Å². The molecule has 5 heteroatoms. The average molecular weight is 246 g/mol. The Hall–Kier alpha value is -1.62. The van der Waals surface area contributed by atoms with Gasteiger partial charge in [0.2, 0.25) is 0 Å². The van der Waals surface area contributed by atoms with Crippen LogP contribution >= 0.6 is 11.5 Å². The first-order chi connectivity index (χ1) is 8.34. The molecule has 0 saturated heterocycles. The molecular weight excluding hydrogens is 232 g/mol. The third kappa shape index (κ3) is 1.98. The summed E-state index contributed by atoms with van der Waals surface area (Å²) in [6.07, 6.45) is 2.23. The molecule has 0 aliphatic carbocycles. The van der Waals surface area contributed by atoms with Crippen LogP contribution in [0.4, 0.5) is 11.4 Å². The van der Waals surface area contributed by atoms with E-state index >= 15 is 0 Å². The van der Waals surface area contributed by atoms with Crippen LogP contribution in [0.25, 0.3) is 0 Å². The molecule has 1 aliphatic rings. The first-order valence-corrected chi connectivity index (χ1v) is 6.56. The van der Waals surface area contributed by atoms with Crippen LogP contribution in [0.1, 0.15) is 17.7 Å². The van der Waals surface area contributed by atoms with Crippen LogP contribution in [0.5, 0.6) is 0 Å². The number of hydrogen-bond acceptors (Lipinski definition) is 5. The smallest absolute Gasteiger partial charge is 0.0948 e. The summed E-state index contributed by atoms with van der Waals surface area (Å²) in [5, 5.41) is 6.10. The molecule has 1 aromatic carbocycles. The summed E-state index contributed by atoms with van der Waals surface area (Å²) in [5.41, 5.74) is 10.5. The third-order valence-electron chi connectivity index (χ3n) is 3.14. The molecule has 2 aromatic rings. The van der Waals surface area contributed by atoms with Crippen molar-refractivity contribution in [1.82, 2.24) is 9.59 Å². The Morgan fingerprint density at radius 1 is 1.41 bits per heavy atom. The average Bonchev–Trinajstić information content (AvgIpc) is 2.83. The van der Waals surface area contributed by atoms with E-state index in [1.54, 1.807) is 0 Å².